The molecule has 8 nitrogen and oxygen atoms in total. The average Bonchev–Trinajstić information content (AvgIpc) is 3.47. The molecule has 11 heteroatoms. The minimum absolute atomic E-state index is 0.258. The van der Waals surface area contributed by atoms with Gasteiger partial charge < -0.3 is 4.90 Å². The molecular weight excluding hydrogens is 464 g/mol. The minimum Gasteiger partial charge on any atom is -0.355 e. The van der Waals surface area contributed by atoms with E-state index >= 15 is 0 Å². The fraction of sp³-hybridized carbons (Fsp3) is 0.333. The molecule has 2 aliphatic rings. The van der Waals surface area contributed by atoms with E-state index in [1.165, 1.54) is 0 Å². The molecule has 2 aliphatic heterocycles. The van der Waals surface area contributed by atoms with Crippen LogP contribution in [0.25, 0.3) is 22.1 Å². The van der Waals surface area contributed by atoms with E-state index in [4.69, 9.17) is 4.98 Å². The zero-order valence-corrected chi connectivity index (χ0v) is 19.5. The monoisotopic (exact) mass is 484 g/mol. The van der Waals surface area contributed by atoms with Gasteiger partial charge in [0.2, 0.25) is 10.0 Å². The molecule has 0 bridgehead atoms. The molecule has 2 saturated heterocycles. The Hall–Kier alpha value is -2.34. The Morgan fingerprint density at radius 1 is 0.906 bits per heavy atom. The van der Waals surface area contributed by atoms with Gasteiger partial charge in [0.25, 0.3) is 0 Å². The Morgan fingerprint density at radius 2 is 1.69 bits per heavy atom. The molecule has 0 unspecified atom stereocenters. The van der Waals surface area contributed by atoms with Gasteiger partial charge in [-0.1, -0.05) is 18.2 Å². The van der Waals surface area contributed by atoms with E-state index in [9.17, 15) is 8.42 Å². The molecule has 6 rings (SSSR count). The second kappa shape index (κ2) is 7.62. The van der Waals surface area contributed by atoms with Gasteiger partial charge in [0.1, 0.15) is 21.7 Å². The normalized spacial score (nSPS) is 19.3. The van der Waals surface area contributed by atoms with Crippen molar-refractivity contribution in [1.29, 1.82) is 0 Å². The summed E-state index contributed by atoms with van der Waals surface area (Å²) in [5.41, 5.74) is 2.84. The molecule has 164 valence electrons. The van der Waals surface area contributed by atoms with Crippen LogP contribution in [-0.2, 0) is 10.0 Å². The van der Waals surface area contributed by atoms with Crippen molar-refractivity contribution in [3.63, 3.8) is 0 Å². The van der Waals surface area contributed by atoms with Crippen LogP contribution >= 0.6 is 23.5 Å². The predicted molar refractivity (Wildman–Crippen MR) is 127 cm³/mol. The molecule has 2 aromatic carbocycles. The molecule has 0 amide bonds. The first-order valence-corrected chi connectivity index (χ1v) is 13.6. The summed E-state index contributed by atoms with van der Waals surface area (Å²) in [6, 6.07) is 13.0. The Balaban J connectivity index is 1.28. The number of para-hydroxylation sites is 2. The predicted octanol–water partition coefficient (Wildman–Crippen LogP) is 3.37. The van der Waals surface area contributed by atoms with Crippen molar-refractivity contribution in [3.05, 3.63) is 48.7 Å². The maximum atomic E-state index is 13.7. The summed E-state index contributed by atoms with van der Waals surface area (Å²) in [4.78, 5) is 11.3. The van der Waals surface area contributed by atoms with Crippen molar-refractivity contribution in [2.24, 2.45) is 0 Å². The van der Waals surface area contributed by atoms with Gasteiger partial charge in [-0.05, 0) is 37.1 Å². The van der Waals surface area contributed by atoms with E-state index in [0.717, 1.165) is 60.3 Å². The van der Waals surface area contributed by atoms with Gasteiger partial charge in [-0.2, -0.15) is 13.1 Å². The summed E-state index contributed by atoms with van der Waals surface area (Å²) in [6.07, 6.45) is 3.28. The Morgan fingerprint density at radius 3 is 2.53 bits per heavy atom. The van der Waals surface area contributed by atoms with Gasteiger partial charge in [0.15, 0.2) is 0 Å². The Labute approximate surface area is 194 Å². The largest absolute Gasteiger partial charge is 0.355 e. The molecule has 2 fully saturated rings. The summed E-state index contributed by atoms with van der Waals surface area (Å²) in [6.45, 7) is 1.97. The van der Waals surface area contributed by atoms with Crippen LogP contribution in [0.2, 0.25) is 0 Å². The van der Waals surface area contributed by atoms with Gasteiger partial charge in [-0.3, -0.25) is 4.98 Å². The summed E-state index contributed by atoms with van der Waals surface area (Å²) < 4.78 is 37.6. The van der Waals surface area contributed by atoms with Crippen molar-refractivity contribution in [1.82, 2.24) is 23.0 Å². The van der Waals surface area contributed by atoms with Gasteiger partial charge >= 0.3 is 0 Å². The SMILES string of the molecule is O=S(=O)(c1cccc2nsnc12)N1CCSC12CCN(c1cnc3ccccc3n1)CC2. The van der Waals surface area contributed by atoms with Crippen molar-refractivity contribution in [3.8, 4) is 0 Å². The second-order valence-corrected chi connectivity index (χ2v) is 11.8. The highest BCUT2D eigenvalue weighted by atomic mass is 32.2. The molecule has 4 aromatic rings. The van der Waals surface area contributed by atoms with Crippen LogP contribution in [0.4, 0.5) is 5.82 Å². The number of aromatic nitrogens is 4. The first kappa shape index (κ1) is 20.3. The van der Waals surface area contributed by atoms with E-state index in [2.05, 4.69) is 18.6 Å². The Kier molecular flexibility index (Phi) is 4.83. The first-order valence-electron chi connectivity index (χ1n) is 10.4. The van der Waals surface area contributed by atoms with E-state index < -0.39 is 14.9 Å². The number of rotatable bonds is 3. The van der Waals surface area contributed by atoms with Crippen LogP contribution in [0.3, 0.4) is 0 Å². The molecule has 0 radical (unpaired) electrons. The highest BCUT2D eigenvalue weighted by Gasteiger charge is 2.50. The summed E-state index contributed by atoms with van der Waals surface area (Å²) in [5.74, 6) is 1.63. The lowest BCUT2D eigenvalue weighted by Crippen LogP contribution is -2.52. The standard InChI is InChI=1S/C21H20N6O2S3/c28-32(29,18-7-3-6-17-20(18)25-31-24-17)27-12-13-30-21(27)8-10-26(11-9-21)19-14-22-15-4-1-2-5-16(15)23-19/h1-7,14H,8-13H2. The van der Waals surface area contributed by atoms with Crippen LogP contribution in [0.1, 0.15) is 12.8 Å². The number of thioether (sulfide) groups is 1. The molecule has 0 saturated carbocycles. The molecule has 0 N–H and O–H groups in total. The van der Waals surface area contributed by atoms with Gasteiger partial charge in [0, 0.05) is 25.4 Å². The quantitative estimate of drug-likeness (QED) is 0.437. The van der Waals surface area contributed by atoms with Crippen LogP contribution in [0.15, 0.2) is 53.6 Å². The smallest absolute Gasteiger partial charge is 0.246 e. The van der Waals surface area contributed by atoms with E-state index in [0.29, 0.717) is 17.6 Å². The van der Waals surface area contributed by atoms with Gasteiger partial charge in [-0.25, -0.2) is 13.4 Å². The average molecular weight is 485 g/mol. The highest BCUT2D eigenvalue weighted by Crippen LogP contribution is 2.47. The number of fused-ring (bicyclic) bond motifs is 2. The summed E-state index contributed by atoms with van der Waals surface area (Å²) >= 11 is 2.80. The molecule has 32 heavy (non-hydrogen) atoms. The number of nitrogens with zero attached hydrogens (tertiary/aromatic N) is 6. The lowest BCUT2D eigenvalue weighted by Gasteiger charge is -2.43. The number of anilines is 1. The summed E-state index contributed by atoms with van der Waals surface area (Å²) in [7, 11) is -3.68. The van der Waals surface area contributed by atoms with Crippen molar-refractivity contribution < 1.29 is 8.42 Å². The maximum absolute atomic E-state index is 13.7. The zero-order chi connectivity index (χ0) is 21.8. The fourth-order valence-corrected chi connectivity index (χ4v) is 8.99. The molecule has 1 spiro atoms. The summed E-state index contributed by atoms with van der Waals surface area (Å²) in [5, 5.41) is 0. The number of piperidine rings is 1. The molecule has 0 aliphatic carbocycles. The molecule has 0 atom stereocenters. The van der Waals surface area contributed by atoms with Crippen LogP contribution in [0.5, 0.6) is 0 Å². The van der Waals surface area contributed by atoms with E-state index in [-0.39, 0.29) is 4.90 Å². The minimum atomic E-state index is -3.68. The topological polar surface area (TPSA) is 92.2 Å². The maximum Gasteiger partial charge on any atom is 0.246 e. The molecule has 2 aromatic heterocycles. The van der Waals surface area contributed by atoms with Gasteiger partial charge in [0.05, 0.1) is 33.8 Å². The lowest BCUT2D eigenvalue weighted by atomic mass is 10.0. The first-order chi connectivity index (χ1) is 15.6. The third kappa shape index (κ3) is 3.18. The number of hydrogen-bond donors (Lipinski definition) is 0. The number of benzene rings is 2. The van der Waals surface area contributed by atoms with Crippen molar-refractivity contribution in [2.45, 2.75) is 22.6 Å². The van der Waals surface area contributed by atoms with Gasteiger partial charge in [-0.15, -0.1) is 11.8 Å². The van der Waals surface area contributed by atoms with E-state index in [1.807, 2.05) is 30.5 Å². The van der Waals surface area contributed by atoms with E-state index in [1.54, 1.807) is 34.3 Å². The van der Waals surface area contributed by atoms with Crippen LogP contribution < -0.4 is 4.90 Å². The van der Waals surface area contributed by atoms with Crippen LogP contribution in [0, 0.1) is 0 Å². The number of sulfonamides is 1. The lowest BCUT2D eigenvalue weighted by molar-refractivity contribution is 0.266. The highest BCUT2D eigenvalue weighted by molar-refractivity contribution is 8.02. The Bertz CT molecular complexity index is 1420. The third-order valence-corrected chi connectivity index (χ3v) is 10.4. The number of hydrogen-bond acceptors (Lipinski definition) is 9. The zero-order valence-electron chi connectivity index (χ0n) is 17.1. The molecular formula is C21H20N6O2S3. The van der Waals surface area contributed by atoms with Crippen LogP contribution in [-0.4, -0.2) is 61.7 Å². The second-order valence-electron chi connectivity index (χ2n) is 7.96. The third-order valence-electron chi connectivity index (χ3n) is 6.24. The van der Waals surface area contributed by atoms with Crippen molar-refractivity contribution >= 4 is 61.4 Å². The van der Waals surface area contributed by atoms with Crippen molar-refractivity contribution in [2.75, 3.05) is 30.3 Å². The molecule has 4 heterocycles. The fourth-order valence-electron chi connectivity index (χ4n) is 4.62.